The van der Waals surface area contributed by atoms with E-state index in [0.29, 0.717) is 15.7 Å². The van der Waals surface area contributed by atoms with Gasteiger partial charge in [0.15, 0.2) is 0 Å². The number of nitrogens with one attached hydrogen (secondary N) is 1. The lowest BCUT2D eigenvalue weighted by Crippen LogP contribution is -2.23. The summed E-state index contributed by atoms with van der Waals surface area (Å²) in [5, 5.41) is 3.70. The first-order valence-corrected chi connectivity index (χ1v) is 8.64. The highest BCUT2D eigenvalue weighted by atomic mass is 35.5. The molecule has 116 valence electrons. The Balaban J connectivity index is 2.01. The summed E-state index contributed by atoms with van der Waals surface area (Å²) in [5.41, 5.74) is 1.67. The zero-order valence-corrected chi connectivity index (χ0v) is 14.7. The number of hydrogen-bond donors (Lipinski definition) is 1. The number of benzene rings is 2. The minimum atomic E-state index is -0.220. The first kappa shape index (κ1) is 17.2. The maximum absolute atomic E-state index is 12.3. The number of rotatable bonds is 5. The molecule has 0 aliphatic rings. The molecular weight excluding hydrogens is 337 g/mol. The van der Waals surface area contributed by atoms with Gasteiger partial charge in [0.2, 0.25) is 5.91 Å². The monoisotopic (exact) mass is 353 g/mol. The Morgan fingerprint density at radius 3 is 2.18 bits per heavy atom. The van der Waals surface area contributed by atoms with Crippen molar-refractivity contribution in [2.75, 3.05) is 5.32 Å². The Morgan fingerprint density at radius 1 is 1.00 bits per heavy atom. The van der Waals surface area contributed by atoms with Crippen LogP contribution in [0.15, 0.2) is 48.5 Å². The average Bonchev–Trinajstić information content (AvgIpc) is 2.51. The zero-order valence-electron chi connectivity index (χ0n) is 12.3. The van der Waals surface area contributed by atoms with Crippen LogP contribution in [0.3, 0.4) is 0 Å². The minimum Gasteiger partial charge on any atom is -0.323 e. The molecule has 2 unspecified atom stereocenters. The van der Waals surface area contributed by atoms with Crippen molar-refractivity contribution in [2.45, 2.75) is 24.3 Å². The average molecular weight is 354 g/mol. The van der Waals surface area contributed by atoms with Gasteiger partial charge < -0.3 is 5.32 Å². The molecule has 0 bridgehead atoms. The van der Waals surface area contributed by atoms with Gasteiger partial charge in [0, 0.05) is 5.25 Å². The predicted octanol–water partition coefficient (Wildman–Crippen LogP) is 5.81. The molecule has 0 fully saturated rings. The van der Waals surface area contributed by atoms with Gasteiger partial charge in [-0.1, -0.05) is 59.6 Å². The van der Waals surface area contributed by atoms with Gasteiger partial charge in [0.05, 0.1) is 21.0 Å². The van der Waals surface area contributed by atoms with E-state index in [0.717, 1.165) is 0 Å². The Kier molecular flexibility index (Phi) is 6.18. The van der Waals surface area contributed by atoms with Crippen LogP contribution in [0, 0.1) is 0 Å². The van der Waals surface area contributed by atoms with Crippen molar-refractivity contribution in [3.8, 4) is 0 Å². The highest BCUT2D eigenvalue weighted by Crippen LogP contribution is 2.34. The lowest BCUT2D eigenvalue weighted by Gasteiger charge is -2.18. The summed E-state index contributed by atoms with van der Waals surface area (Å²) in [6.07, 6.45) is 0. The van der Waals surface area contributed by atoms with Gasteiger partial charge in [-0.15, -0.1) is 11.8 Å². The van der Waals surface area contributed by atoms with E-state index < -0.39 is 0 Å². The van der Waals surface area contributed by atoms with Crippen LogP contribution in [-0.2, 0) is 4.79 Å². The van der Waals surface area contributed by atoms with Crippen LogP contribution in [0.1, 0.15) is 24.7 Å². The first-order valence-electron chi connectivity index (χ1n) is 6.94. The number of hydrogen-bond acceptors (Lipinski definition) is 2. The van der Waals surface area contributed by atoms with E-state index in [9.17, 15) is 4.79 Å². The van der Waals surface area contributed by atoms with Crippen molar-refractivity contribution in [3.05, 3.63) is 64.1 Å². The second-order valence-corrected chi connectivity index (χ2v) is 7.42. The topological polar surface area (TPSA) is 29.1 Å². The van der Waals surface area contributed by atoms with Gasteiger partial charge in [0.1, 0.15) is 0 Å². The molecule has 1 N–H and O–H groups in total. The molecule has 2 rings (SSSR count). The van der Waals surface area contributed by atoms with Crippen molar-refractivity contribution >= 4 is 46.6 Å². The molecule has 0 radical (unpaired) electrons. The predicted molar refractivity (Wildman–Crippen MR) is 97.0 cm³/mol. The zero-order chi connectivity index (χ0) is 16.1. The maximum atomic E-state index is 12.3. The summed E-state index contributed by atoms with van der Waals surface area (Å²) < 4.78 is 0. The van der Waals surface area contributed by atoms with E-state index in [1.54, 1.807) is 30.0 Å². The quantitative estimate of drug-likeness (QED) is 0.734. The molecule has 2 nitrogen and oxygen atoms in total. The molecule has 0 saturated heterocycles. The van der Waals surface area contributed by atoms with Crippen LogP contribution < -0.4 is 5.32 Å². The van der Waals surface area contributed by atoms with E-state index in [2.05, 4.69) is 24.4 Å². The van der Waals surface area contributed by atoms with Gasteiger partial charge in [-0.3, -0.25) is 4.79 Å². The Labute approximate surface area is 145 Å². The number of halogens is 2. The van der Waals surface area contributed by atoms with Gasteiger partial charge in [0.25, 0.3) is 0 Å². The van der Waals surface area contributed by atoms with E-state index >= 15 is 0 Å². The van der Waals surface area contributed by atoms with Gasteiger partial charge >= 0.3 is 0 Å². The van der Waals surface area contributed by atoms with Gasteiger partial charge in [-0.25, -0.2) is 0 Å². The molecule has 0 spiro atoms. The highest BCUT2D eigenvalue weighted by Gasteiger charge is 2.19. The molecule has 0 aromatic heterocycles. The number of carbonyl (C=O) groups excluding carboxylic acids is 1. The Morgan fingerprint density at radius 2 is 1.59 bits per heavy atom. The fourth-order valence-electron chi connectivity index (χ4n) is 2.01. The summed E-state index contributed by atoms with van der Waals surface area (Å²) in [7, 11) is 0. The summed E-state index contributed by atoms with van der Waals surface area (Å²) in [6, 6.07) is 15.3. The normalized spacial score (nSPS) is 13.5. The van der Waals surface area contributed by atoms with Crippen molar-refractivity contribution in [1.29, 1.82) is 0 Å². The van der Waals surface area contributed by atoms with Crippen LogP contribution in [0.5, 0.6) is 0 Å². The van der Waals surface area contributed by atoms with E-state index in [4.69, 9.17) is 23.2 Å². The van der Waals surface area contributed by atoms with Crippen LogP contribution in [-0.4, -0.2) is 11.2 Å². The lowest BCUT2D eigenvalue weighted by molar-refractivity contribution is -0.115. The van der Waals surface area contributed by atoms with Crippen LogP contribution >= 0.6 is 35.0 Å². The minimum absolute atomic E-state index is 0.109. The fourth-order valence-corrected chi connectivity index (χ4v) is 3.61. The lowest BCUT2D eigenvalue weighted by atomic mass is 10.2. The van der Waals surface area contributed by atoms with E-state index in [1.807, 2.05) is 25.1 Å². The van der Waals surface area contributed by atoms with E-state index in [1.165, 1.54) is 5.56 Å². The van der Waals surface area contributed by atoms with Crippen molar-refractivity contribution < 1.29 is 4.79 Å². The number of carbonyl (C=O) groups is 1. The molecule has 2 aromatic carbocycles. The van der Waals surface area contributed by atoms with Crippen LogP contribution in [0.4, 0.5) is 5.69 Å². The third kappa shape index (κ3) is 4.42. The van der Waals surface area contributed by atoms with E-state index in [-0.39, 0.29) is 16.4 Å². The Hall–Kier alpha value is -1.16. The second kappa shape index (κ2) is 7.91. The molecule has 2 aromatic rings. The fraction of sp³-hybridized carbons (Fsp3) is 0.235. The number of thioether (sulfide) groups is 1. The van der Waals surface area contributed by atoms with Crippen molar-refractivity contribution in [1.82, 2.24) is 0 Å². The molecular formula is C17H17Cl2NOS. The largest absolute Gasteiger partial charge is 0.323 e. The van der Waals surface area contributed by atoms with Crippen LogP contribution in [0.2, 0.25) is 10.0 Å². The number of anilines is 1. The van der Waals surface area contributed by atoms with Crippen LogP contribution in [0.25, 0.3) is 0 Å². The molecule has 0 saturated carbocycles. The van der Waals surface area contributed by atoms with Crippen molar-refractivity contribution in [2.24, 2.45) is 0 Å². The SMILES string of the molecule is CC(SC(C)c1ccccc1)C(=O)Nc1c(Cl)cccc1Cl. The highest BCUT2D eigenvalue weighted by molar-refractivity contribution is 8.00. The summed E-state index contributed by atoms with van der Waals surface area (Å²) in [4.78, 5) is 12.3. The summed E-state index contributed by atoms with van der Waals surface area (Å²) in [6.45, 7) is 3.97. The summed E-state index contributed by atoms with van der Waals surface area (Å²) in [5.74, 6) is -0.109. The van der Waals surface area contributed by atoms with Gasteiger partial charge in [-0.2, -0.15) is 0 Å². The molecule has 0 aliphatic heterocycles. The molecule has 0 heterocycles. The Bertz CT molecular complexity index is 628. The summed E-state index contributed by atoms with van der Waals surface area (Å²) >= 11 is 13.7. The third-order valence-electron chi connectivity index (χ3n) is 3.26. The van der Waals surface area contributed by atoms with Gasteiger partial charge in [-0.05, 0) is 31.5 Å². The molecule has 0 aliphatic carbocycles. The molecule has 5 heteroatoms. The molecule has 2 atom stereocenters. The maximum Gasteiger partial charge on any atom is 0.237 e. The molecule has 22 heavy (non-hydrogen) atoms. The van der Waals surface area contributed by atoms with Crippen molar-refractivity contribution in [3.63, 3.8) is 0 Å². The first-order chi connectivity index (χ1) is 10.5. The third-order valence-corrected chi connectivity index (χ3v) is 5.19. The number of amides is 1. The second-order valence-electron chi connectivity index (χ2n) is 4.92. The molecule has 1 amide bonds. The number of para-hydroxylation sites is 1. The smallest absolute Gasteiger partial charge is 0.237 e. The standard InChI is InChI=1S/C17H17Cl2NOS/c1-11(13-7-4-3-5-8-13)22-12(2)17(21)20-16-14(18)9-6-10-15(16)19/h3-12H,1-2H3,(H,20,21).